The zero-order valence-electron chi connectivity index (χ0n) is 11.0. The average Bonchev–Trinajstić information content (AvgIpc) is 2.30. The Balaban J connectivity index is 3.31. The van der Waals surface area contributed by atoms with E-state index in [1.807, 2.05) is 32.0 Å². The largest absolute Gasteiger partial charge is 0.394 e. The van der Waals surface area contributed by atoms with E-state index < -0.39 is 0 Å². The molecule has 0 spiro atoms. The summed E-state index contributed by atoms with van der Waals surface area (Å²) in [5, 5.41) is 9.28. The number of aliphatic hydroxyl groups is 1. The van der Waals surface area contributed by atoms with Gasteiger partial charge in [-0.3, -0.25) is 4.79 Å². The first-order valence-electron chi connectivity index (χ1n) is 6.02. The summed E-state index contributed by atoms with van der Waals surface area (Å²) in [7, 11) is 0. The van der Waals surface area contributed by atoms with Crippen LogP contribution in [0.5, 0.6) is 0 Å². The summed E-state index contributed by atoms with van der Waals surface area (Å²) in [5.74, 6) is -0.0319. The van der Waals surface area contributed by atoms with E-state index in [-0.39, 0.29) is 18.6 Å². The first-order valence-corrected chi connectivity index (χ1v) is 6.02. The molecular weight excluding hydrogens is 214 g/mol. The van der Waals surface area contributed by atoms with Crippen LogP contribution in [0.2, 0.25) is 0 Å². The van der Waals surface area contributed by atoms with Crippen molar-refractivity contribution >= 4 is 11.6 Å². The molecule has 1 atom stereocenters. The summed E-state index contributed by atoms with van der Waals surface area (Å²) in [6, 6.07) is 5.83. The molecule has 0 aromatic heterocycles. The van der Waals surface area contributed by atoms with Crippen LogP contribution >= 0.6 is 0 Å². The Kier molecular flexibility index (Phi) is 4.70. The summed E-state index contributed by atoms with van der Waals surface area (Å²) >= 11 is 0. The molecule has 0 saturated carbocycles. The fraction of sp³-hybridized carbons (Fsp3) is 0.500. The van der Waals surface area contributed by atoms with Gasteiger partial charge in [0.2, 0.25) is 5.91 Å². The van der Waals surface area contributed by atoms with Crippen LogP contribution in [0.1, 0.15) is 31.9 Å². The lowest BCUT2D eigenvalue weighted by molar-refractivity contribution is -0.117. The van der Waals surface area contributed by atoms with E-state index in [1.54, 1.807) is 4.90 Å². The fourth-order valence-corrected chi connectivity index (χ4v) is 2.12. The minimum atomic E-state index is -0.195. The SMILES string of the molecule is CCc1cccc(C)c1N(C(C)=O)C(C)CO. The standard InChI is InChI=1S/C14H21NO2/c1-5-13-8-6-7-10(2)14(13)15(12(4)17)11(3)9-16/h6-8,11,16H,5,9H2,1-4H3. The Hall–Kier alpha value is -1.35. The van der Waals surface area contributed by atoms with Gasteiger partial charge in [-0.05, 0) is 31.4 Å². The minimum Gasteiger partial charge on any atom is -0.394 e. The van der Waals surface area contributed by atoms with Crippen LogP contribution in [0.15, 0.2) is 18.2 Å². The van der Waals surface area contributed by atoms with Gasteiger partial charge in [0.1, 0.15) is 0 Å². The Labute approximate surface area is 103 Å². The quantitative estimate of drug-likeness (QED) is 0.870. The summed E-state index contributed by atoms with van der Waals surface area (Å²) in [5.41, 5.74) is 3.16. The van der Waals surface area contributed by atoms with E-state index in [4.69, 9.17) is 0 Å². The maximum atomic E-state index is 11.8. The number of hydrogen-bond donors (Lipinski definition) is 1. The van der Waals surface area contributed by atoms with Gasteiger partial charge < -0.3 is 10.0 Å². The third-order valence-corrected chi connectivity index (χ3v) is 2.99. The van der Waals surface area contributed by atoms with Gasteiger partial charge in [-0.1, -0.05) is 25.1 Å². The number of carbonyl (C=O) groups is 1. The highest BCUT2D eigenvalue weighted by Gasteiger charge is 2.21. The molecule has 3 nitrogen and oxygen atoms in total. The number of amides is 1. The number of aliphatic hydroxyl groups excluding tert-OH is 1. The van der Waals surface area contributed by atoms with E-state index in [0.29, 0.717) is 0 Å². The van der Waals surface area contributed by atoms with Crippen LogP contribution < -0.4 is 4.90 Å². The monoisotopic (exact) mass is 235 g/mol. The van der Waals surface area contributed by atoms with Crippen molar-refractivity contribution in [2.24, 2.45) is 0 Å². The molecule has 1 aromatic carbocycles. The number of nitrogens with zero attached hydrogens (tertiary/aromatic N) is 1. The molecule has 1 aromatic rings. The van der Waals surface area contributed by atoms with Gasteiger partial charge in [-0.25, -0.2) is 0 Å². The number of benzene rings is 1. The Bertz CT molecular complexity index is 401. The molecule has 0 heterocycles. The van der Waals surface area contributed by atoms with E-state index in [0.717, 1.165) is 23.2 Å². The van der Waals surface area contributed by atoms with Crippen LogP contribution in [0.4, 0.5) is 5.69 Å². The van der Waals surface area contributed by atoms with Crippen LogP contribution in [0.3, 0.4) is 0 Å². The van der Waals surface area contributed by atoms with E-state index >= 15 is 0 Å². The van der Waals surface area contributed by atoms with Crippen molar-refractivity contribution < 1.29 is 9.90 Å². The number of para-hydroxylation sites is 1. The van der Waals surface area contributed by atoms with Gasteiger partial charge in [-0.15, -0.1) is 0 Å². The van der Waals surface area contributed by atoms with Crippen LogP contribution in [0.25, 0.3) is 0 Å². The Morgan fingerprint density at radius 1 is 1.47 bits per heavy atom. The van der Waals surface area contributed by atoms with Crippen molar-refractivity contribution in [2.45, 2.75) is 40.2 Å². The molecule has 0 bridgehead atoms. The summed E-state index contributed by atoms with van der Waals surface area (Å²) in [4.78, 5) is 13.5. The van der Waals surface area contributed by atoms with Gasteiger partial charge >= 0.3 is 0 Å². The molecule has 17 heavy (non-hydrogen) atoms. The maximum absolute atomic E-state index is 11.8. The highest BCUT2D eigenvalue weighted by atomic mass is 16.3. The smallest absolute Gasteiger partial charge is 0.224 e. The fourth-order valence-electron chi connectivity index (χ4n) is 2.12. The molecule has 94 valence electrons. The van der Waals surface area contributed by atoms with Crippen LogP contribution in [-0.2, 0) is 11.2 Å². The molecule has 0 fully saturated rings. The highest BCUT2D eigenvalue weighted by molar-refractivity contribution is 5.93. The van der Waals surface area contributed by atoms with E-state index in [9.17, 15) is 9.90 Å². The van der Waals surface area contributed by atoms with Crippen molar-refractivity contribution in [2.75, 3.05) is 11.5 Å². The zero-order chi connectivity index (χ0) is 13.0. The highest BCUT2D eigenvalue weighted by Crippen LogP contribution is 2.27. The second-order valence-electron chi connectivity index (χ2n) is 4.36. The van der Waals surface area contributed by atoms with Gasteiger partial charge in [0, 0.05) is 6.92 Å². The number of hydrogen-bond acceptors (Lipinski definition) is 2. The third-order valence-electron chi connectivity index (χ3n) is 2.99. The molecule has 1 rings (SSSR count). The number of aryl methyl sites for hydroxylation is 2. The summed E-state index contributed by atoms with van der Waals surface area (Å²) < 4.78 is 0. The molecule has 0 aliphatic carbocycles. The predicted octanol–water partition coefficient (Wildman–Crippen LogP) is 2.29. The lowest BCUT2D eigenvalue weighted by atomic mass is 10.0. The third kappa shape index (κ3) is 2.86. The topological polar surface area (TPSA) is 40.5 Å². The second kappa shape index (κ2) is 5.82. The second-order valence-corrected chi connectivity index (χ2v) is 4.36. The van der Waals surface area contributed by atoms with E-state index in [2.05, 4.69) is 6.92 Å². The van der Waals surface area contributed by atoms with Gasteiger partial charge in [0.15, 0.2) is 0 Å². The molecule has 0 radical (unpaired) electrons. The molecule has 0 aliphatic heterocycles. The molecule has 0 saturated heterocycles. The molecule has 1 unspecified atom stereocenters. The van der Waals surface area contributed by atoms with Crippen molar-refractivity contribution in [3.8, 4) is 0 Å². The van der Waals surface area contributed by atoms with Crippen molar-refractivity contribution in [3.05, 3.63) is 29.3 Å². The number of rotatable bonds is 4. The van der Waals surface area contributed by atoms with Crippen molar-refractivity contribution in [3.63, 3.8) is 0 Å². The molecule has 1 N–H and O–H groups in total. The van der Waals surface area contributed by atoms with Crippen LogP contribution in [-0.4, -0.2) is 23.7 Å². The first-order chi connectivity index (χ1) is 8.02. The van der Waals surface area contributed by atoms with Crippen molar-refractivity contribution in [1.29, 1.82) is 0 Å². The average molecular weight is 235 g/mol. The maximum Gasteiger partial charge on any atom is 0.224 e. The van der Waals surface area contributed by atoms with Gasteiger partial charge in [0.05, 0.1) is 18.3 Å². The molecule has 3 heteroatoms. The number of anilines is 1. The van der Waals surface area contributed by atoms with Crippen LogP contribution in [0, 0.1) is 6.92 Å². The normalized spacial score (nSPS) is 12.3. The molecular formula is C14H21NO2. The molecule has 0 aliphatic rings. The first kappa shape index (κ1) is 13.7. The predicted molar refractivity (Wildman–Crippen MR) is 70.3 cm³/mol. The Morgan fingerprint density at radius 3 is 2.59 bits per heavy atom. The van der Waals surface area contributed by atoms with Gasteiger partial charge in [0.25, 0.3) is 0 Å². The lowest BCUT2D eigenvalue weighted by Crippen LogP contribution is -2.40. The van der Waals surface area contributed by atoms with E-state index in [1.165, 1.54) is 6.92 Å². The summed E-state index contributed by atoms with van der Waals surface area (Å²) in [6.07, 6.45) is 0.874. The zero-order valence-corrected chi connectivity index (χ0v) is 11.0. The molecule has 1 amide bonds. The summed E-state index contributed by atoms with van der Waals surface area (Å²) in [6.45, 7) is 7.43. The lowest BCUT2D eigenvalue weighted by Gasteiger charge is -2.30. The Morgan fingerprint density at radius 2 is 2.12 bits per heavy atom. The number of carbonyl (C=O) groups excluding carboxylic acids is 1. The minimum absolute atomic E-state index is 0.0307. The van der Waals surface area contributed by atoms with Crippen molar-refractivity contribution in [1.82, 2.24) is 0 Å². The van der Waals surface area contributed by atoms with Gasteiger partial charge in [-0.2, -0.15) is 0 Å².